The molecular weight excluding hydrogens is 323 g/mol. The molecule has 0 fully saturated rings. The SMILES string of the molecule is CC(NC(=O)c1ccc(N(C)C)c(F)c1)c1ccc(NC(N)=O)cc1. The highest BCUT2D eigenvalue weighted by molar-refractivity contribution is 5.95. The molecule has 25 heavy (non-hydrogen) atoms. The van der Waals surface area contributed by atoms with Crippen LogP contribution >= 0.6 is 0 Å². The molecule has 6 nitrogen and oxygen atoms in total. The average molecular weight is 344 g/mol. The molecule has 0 spiro atoms. The summed E-state index contributed by atoms with van der Waals surface area (Å²) in [6, 6.07) is 10.4. The standard InChI is InChI=1S/C18H21FN4O2/c1-11(12-4-7-14(8-5-12)22-18(20)25)21-17(24)13-6-9-16(23(2)3)15(19)10-13/h4-11H,1-3H3,(H,21,24)(H3,20,22,25). The van der Waals surface area contributed by atoms with Crippen LogP contribution in [0.3, 0.4) is 0 Å². The van der Waals surface area contributed by atoms with Crippen LogP contribution in [0.1, 0.15) is 28.9 Å². The van der Waals surface area contributed by atoms with Crippen LogP contribution in [0.4, 0.5) is 20.6 Å². The summed E-state index contributed by atoms with van der Waals surface area (Å²) in [4.78, 5) is 24.8. The molecule has 0 bridgehead atoms. The van der Waals surface area contributed by atoms with E-state index < -0.39 is 11.8 Å². The third-order valence-electron chi connectivity index (χ3n) is 3.72. The van der Waals surface area contributed by atoms with E-state index in [0.29, 0.717) is 11.4 Å². The minimum atomic E-state index is -0.641. The second kappa shape index (κ2) is 7.65. The number of anilines is 2. The Kier molecular flexibility index (Phi) is 5.59. The lowest BCUT2D eigenvalue weighted by Crippen LogP contribution is -2.27. The number of rotatable bonds is 5. The van der Waals surface area contributed by atoms with Crippen molar-refractivity contribution in [1.82, 2.24) is 5.32 Å². The second-order valence-electron chi connectivity index (χ2n) is 5.87. The second-order valence-corrected chi connectivity index (χ2v) is 5.87. The molecule has 0 aliphatic carbocycles. The van der Waals surface area contributed by atoms with Gasteiger partial charge in [-0.15, -0.1) is 0 Å². The Hall–Kier alpha value is -3.09. The third kappa shape index (κ3) is 4.69. The van der Waals surface area contributed by atoms with Crippen molar-refractivity contribution in [3.63, 3.8) is 0 Å². The zero-order valence-corrected chi connectivity index (χ0v) is 14.3. The van der Waals surface area contributed by atoms with Crippen LogP contribution in [0.2, 0.25) is 0 Å². The van der Waals surface area contributed by atoms with Crippen LogP contribution < -0.4 is 21.3 Å². The van der Waals surface area contributed by atoms with E-state index in [4.69, 9.17) is 5.73 Å². The minimum Gasteiger partial charge on any atom is -0.375 e. The van der Waals surface area contributed by atoms with Crippen molar-refractivity contribution in [3.8, 4) is 0 Å². The zero-order chi connectivity index (χ0) is 18.6. The molecule has 1 atom stereocenters. The molecule has 2 aromatic carbocycles. The number of hydrogen-bond donors (Lipinski definition) is 3. The lowest BCUT2D eigenvalue weighted by molar-refractivity contribution is 0.0939. The molecule has 3 amide bonds. The van der Waals surface area contributed by atoms with E-state index in [-0.39, 0.29) is 17.5 Å². The molecule has 0 aromatic heterocycles. The average Bonchev–Trinajstić information content (AvgIpc) is 2.54. The monoisotopic (exact) mass is 344 g/mol. The van der Waals surface area contributed by atoms with E-state index in [1.54, 1.807) is 55.4 Å². The number of nitrogens with one attached hydrogen (secondary N) is 2. The highest BCUT2D eigenvalue weighted by Crippen LogP contribution is 2.20. The minimum absolute atomic E-state index is 0.252. The van der Waals surface area contributed by atoms with E-state index in [0.717, 1.165) is 5.56 Å². The van der Waals surface area contributed by atoms with Crippen molar-refractivity contribution in [2.75, 3.05) is 24.3 Å². The van der Waals surface area contributed by atoms with Gasteiger partial charge in [-0.1, -0.05) is 12.1 Å². The Labute approximate surface area is 145 Å². The van der Waals surface area contributed by atoms with Gasteiger partial charge >= 0.3 is 6.03 Å². The third-order valence-corrected chi connectivity index (χ3v) is 3.72. The molecule has 2 aromatic rings. The summed E-state index contributed by atoms with van der Waals surface area (Å²) in [6.45, 7) is 1.82. The van der Waals surface area contributed by atoms with Gasteiger partial charge in [-0.05, 0) is 42.8 Å². The van der Waals surface area contributed by atoms with Crippen molar-refractivity contribution < 1.29 is 14.0 Å². The van der Waals surface area contributed by atoms with Gasteiger partial charge in [0.15, 0.2) is 0 Å². The number of nitrogens with two attached hydrogens (primary N) is 1. The lowest BCUT2D eigenvalue weighted by Gasteiger charge is -2.17. The Morgan fingerprint density at radius 1 is 1.12 bits per heavy atom. The van der Waals surface area contributed by atoms with Gasteiger partial charge in [-0.3, -0.25) is 4.79 Å². The van der Waals surface area contributed by atoms with Gasteiger partial charge in [0.1, 0.15) is 5.82 Å². The highest BCUT2D eigenvalue weighted by Gasteiger charge is 2.14. The molecule has 132 valence electrons. The topological polar surface area (TPSA) is 87.5 Å². The maximum Gasteiger partial charge on any atom is 0.316 e. The zero-order valence-electron chi connectivity index (χ0n) is 14.3. The number of carbonyl (C=O) groups excluding carboxylic acids is 2. The van der Waals surface area contributed by atoms with E-state index in [9.17, 15) is 14.0 Å². The van der Waals surface area contributed by atoms with Crippen LogP contribution in [0.25, 0.3) is 0 Å². The van der Waals surface area contributed by atoms with Gasteiger partial charge in [-0.25, -0.2) is 9.18 Å². The van der Waals surface area contributed by atoms with E-state index in [1.165, 1.54) is 6.07 Å². The maximum absolute atomic E-state index is 14.0. The van der Waals surface area contributed by atoms with Gasteiger partial charge < -0.3 is 21.3 Å². The Morgan fingerprint density at radius 2 is 1.76 bits per heavy atom. The molecule has 0 saturated heterocycles. The molecule has 0 aliphatic rings. The van der Waals surface area contributed by atoms with Crippen molar-refractivity contribution in [1.29, 1.82) is 0 Å². The fraction of sp³-hybridized carbons (Fsp3) is 0.222. The summed E-state index contributed by atoms with van der Waals surface area (Å²) in [5.41, 5.74) is 7.13. The number of hydrogen-bond acceptors (Lipinski definition) is 3. The van der Waals surface area contributed by atoms with Crippen molar-refractivity contribution in [2.45, 2.75) is 13.0 Å². The van der Waals surface area contributed by atoms with Crippen molar-refractivity contribution in [3.05, 3.63) is 59.4 Å². The van der Waals surface area contributed by atoms with Gasteiger partial charge in [0.05, 0.1) is 11.7 Å². The smallest absolute Gasteiger partial charge is 0.316 e. The van der Waals surface area contributed by atoms with Gasteiger partial charge in [0.2, 0.25) is 0 Å². The fourth-order valence-corrected chi connectivity index (χ4v) is 2.37. The van der Waals surface area contributed by atoms with Crippen LogP contribution in [0.5, 0.6) is 0 Å². The van der Waals surface area contributed by atoms with Crippen LogP contribution in [0.15, 0.2) is 42.5 Å². The van der Waals surface area contributed by atoms with Crippen LogP contribution in [-0.2, 0) is 0 Å². The van der Waals surface area contributed by atoms with Crippen molar-refractivity contribution in [2.24, 2.45) is 5.73 Å². The quantitative estimate of drug-likeness (QED) is 0.779. The Balaban J connectivity index is 2.07. The number of nitrogens with zero attached hydrogens (tertiary/aromatic N) is 1. The maximum atomic E-state index is 14.0. The molecule has 0 radical (unpaired) electrons. The predicted molar refractivity (Wildman–Crippen MR) is 96.3 cm³/mol. The van der Waals surface area contributed by atoms with Crippen LogP contribution in [0, 0.1) is 5.82 Å². The lowest BCUT2D eigenvalue weighted by atomic mass is 10.1. The first-order valence-corrected chi connectivity index (χ1v) is 7.72. The predicted octanol–water partition coefficient (Wildman–Crippen LogP) is 2.87. The Morgan fingerprint density at radius 3 is 2.28 bits per heavy atom. The number of carbonyl (C=O) groups is 2. The fourth-order valence-electron chi connectivity index (χ4n) is 2.37. The van der Waals surface area contributed by atoms with Crippen molar-refractivity contribution >= 4 is 23.3 Å². The summed E-state index contributed by atoms with van der Waals surface area (Å²) in [6.07, 6.45) is 0. The molecule has 0 aliphatic heterocycles. The molecule has 0 heterocycles. The highest BCUT2D eigenvalue weighted by atomic mass is 19.1. The molecule has 0 saturated carbocycles. The summed E-state index contributed by atoms with van der Waals surface area (Å²) >= 11 is 0. The number of benzene rings is 2. The molecular formula is C18H21FN4O2. The summed E-state index contributed by atoms with van der Waals surface area (Å²) in [5.74, 6) is -0.816. The summed E-state index contributed by atoms with van der Waals surface area (Å²) < 4.78 is 14.0. The molecule has 4 N–H and O–H groups in total. The number of urea groups is 1. The molecule has 7 heteroatoms. The van der Waals surface area contributed by atoms with Gasteiger partial charge in [0, 0.05) is 25.3 Å². The summed E-state index contributed by atoms with van der Waals surface area (Å²) in [5, 5.41) is 5.28. The first-order chi connectivity index (χ1) is 11.8. The van der Waals surface area contributed by atoms with Gasteiger partial charge in [-0.2, -0.15) is 0 Å². The molecule has 2 rings (SSSR count). The van der Waals surface area contributed by atoms with Crippen LogP contribution in [-0.4, -0.2) is 26.0 Å². The normalized spacial score (nSPS) is 11.5. The number of halogens is 1. The van der Waals surface area contributed by atoms with E-state index in [2.05, 4.69) is 10.6 Å². The first-order valence-electron chi connectivity index (χ1n) is 7.72. The Bertz CT molecular complexity index is 775. The first kappa shape index (κ1) is 18.3. The number of primary amides is 1. The van der Waals surface area contributed by atoms with E-state index >= 15 is 0 Å². The van der Waals surface area contributed by atoms with E-state index in [1.807, 2.05) is 6.92 Å². The largest absolute Gasteiger partial charge is 0.375 e. The summed E-state index contributed by atoms with van der Waals surface area (Å²) in [7, 11) is 3.47. The number of amides is 3. The van der Waals surface area contributed by atoms with Gasteiger partial charge in [0.25, 0.3) is 5.91 Å². The molecule has 1 unspecified atom stereocenters.